The molecular formula is C17H13ClFNO. The molecule has 21 heavy (non-hydrogen) atoms. The molecule has 0 aromatic heterocycles. The Labute approximate surface area is 126 Å². The molecule has 0 aliphatic rings. The summed E-state index contributed by atoms with van der Waals surface area (Å²) in [6.45, 7) is 0.114. The van der Waals surface area contributed by atoms with Gasteiger partial charge in [-0.2, -0.15) is 0 Å². The lowest BCUT2D eigenvalue weighted by atomic mass is 10.1. The quantitative estimate of drug-likeness (QED) is 0.706. The van der Waals surface area contributed by atoms with Crippen LogP contribution in [-0.4, -0.2) is 0 Å². The summed E-state index contributed by atoms with van der Waals surface area (Å²) in [6.07, 6.45) is 0. The first-order valence-electron chi connectivity index (χ1n) is 6.50. The summed E-state index contributed by atoms with van der Waals surface area (Å²) in [6, 6.07) is 16.1. The van der Waals surface area contributed by atoms with Gasteiger partial charge < -0.3 is 10.5 Å². The molecule has 0 saturated carbocycles. The second-order valence-electron chi connectivity index (χ2n) is 4.70. The van der Waals surface area contributed by atoms with Crippen LogP contribution in [0.15, 0.2) is 54.6 Å². The topological polar surface area (TPSA) is 35.2 Å². The zero-order valence-electron chi connectivity index (χ0n) is 11.1. The van der Waals surface area contributed by atoms with Gasteiger partial charge in [0, 0.05) is 21.4 Å². The lowest BCUT2D eigenvalue weighted by Crippen LogP contribution is -2.01. The van der Waals surface area contributed by atoms with Crippen LogP contribution in [0.2, 0.25) is 5.02 Å². The lowest BCUT2D eigenvalue weighted by molar-refractivity contribution is 0.304. The van der Waals surface area contributed by atoms with Crippen molar-refractivity contribution in [1.29, 1.82) is 0 Å². The zero-order chi connectivity index (χ0) is 14.8. The van der Waals surface area contributed by atoms with Gasteiger partial charge in [0.2, 0.25) is 0 Å². The van der Waals surface area contributed by atoms with E-state index in [1.807, 2.05) is 24.3 Å². The Bertz CT molecular complexity index is 804. The average molecular weight is 302 g/mol. The predicted molar refractivity (Wildman–Crippen MR) is 84.1 cm³/mol. The van der Waals surface area contributed by atoms with E-state index in [9.17, 15) is 4.39 Å². The summed E-state index contributed by atoms with van der Waals surface area (Å²) in [7, 11) is 0. The molecule has 2 N–H and O–H groups in total. The molecule has 0 bridgehead atoms. The minimum Gasteiger partial charge on any atom is -0.488 e. The average Bonchev–Trinajstić information content (AvgIpc) is 2.51. The van der Waals surface area contributed by atoms with Crippen LogP contribution < -0.4 is 10.5 Å². The molecule has 0 saturated heterocycles. The number of rotatable bonds is 3. The Morgan fingerprint density at radius 3 is 2.52 bits per heavy atom. The van der Waals surface area contributed by atoms with Crippen molar-refractivity contribution in [2.24, 2.45) is 0 Å². The van der Waals surface area contributed by atoms with Crippen LogP contribution in [0, 0.1) is 5.82 Å². The molecule has 2 nitrogen and oxygen atoms in total. The minimum absolute atomic E-state index is 0.114. The molecule has 3 aromatic carbocycles. The highest BCUT2D eigenvalue weighted by Crippen LogP contribution is 2.31. The highest BCUT2D eigenvalue weighted by molar-refractivity contribution is 6.35. The molecule has 0 amide bonds. The molecule has 0 atom stereocenters. The maximum absolute atomic E-state index is 13.9. The summed E-state index contributed by atoms with van der Waals surface area (Å²) >= 11 is 6.16. The van der Waals surface area contributed by atoms with Gasteiger partial charge in [0.25, 0.3) is 0 Å². The highest BCUT2D eigenvalue weighted by atomic mass is 35.5. The zero-order valence-corrected chi connectivity index (χ0v) is 11.9. The molecule has 3 rings (SSSR count). The van der Waals surface area contributed by atoms with Crippen molar-refractivity contribution < 1.29 is 9.13 Å². The second-order valence-corrected chi connectivity index (χ2v) is 5.11. The number of nitrogens with two attached hydrogens (primary N) is 1. The third-order valence-corrected chi connectivity index (χ3v) is 3.65. The van der Waals surface area contributed by atoms with Gasteiger partial charge >= 0.3 is 0 Å². The normalized spacial score (nSPS) is 10.8. The van der Waals surface area contributed by atoms with Crippen molar-refractivity contribution in [1.82, 2.24) is 0 Å². The van der Waals surface area contributed by atoms with E-state index in [0.29, 0.717) is 16.3 Å². The minimum atomic E-state index is -0.434. The van der Waals surface area contributed by atoms with Gasteiger partial charge in [0.05, 0.1) is 5.69 Å². The monoisotopic (exact) mass is 301 g/mol. The number of nitrogen functional groups attached to an aromatic ring is 1. The molecule has 3 aromatic rings. The van der Waals surface area contributed by atoms with Crippen LogP contribution in [0.25, 0.3) is 10.8 Å². The standard InChI is InChI=1S/C17H13ClFNO/c18-14-8-9-16(13-6-2-1-5-12(13)14)21-10-11-4-3-7-15(20)17(11)19/h1-9H,10,20H2. The fourth-order valence-corrected chi connectivity index (χ4v) is 2.45. The Hall–Kier alpha value is -2.26. The van der Waals surface area contributed by atoms with Crippen molar-refractivity contribution in [3.8, 4) is 5.75 Å². The van der Waals surface area contributed by atoms with Crippen LogP contribution >= 0.6 is 11.6 Å². The Morgan fingerprint density at radius 1 is 0.952 bits per heavy atom. The van der Waals surface area contributed by atoms with Gasteiger partial charge in [-0.05, 0) is 18.2 Å². The molecule has 0 radical (unpaired) electrons. The molecule has 106 valence electrons. The van der Waals surface area contributed by atoms with Gasteiger partial charge in [0.15, 0.2) is 5.82 Å². The van der Waals surface area contributed by atoms with E-state index in [1.165, 1.54) is 6.07 Å². The van der Waals surface area contributed by atoms with Crippen molar-refractivity contribution in [2.75, 3.05) is 5.73 Å². The first-order valence-corrected chi connectivity index (χ1v) is 6.87. The van der Waals surface area contributed by atoms with Crippen LogP contribution in [0.5, 0.6) is 5.75 Å². The van der Waals surface area contributed by atoms with Crippen molar-refractivity contribution in [3.05, 3.63) is 71.0 Å². The maximum atomic E-state index is 13.9. The largest absolute Gasteiger partial charge is 0.488 e. The predicted octanol–water partition coefficient (Wildman–Crippen LogP) is 4.79. The van der Waals surface area contributed by atoms with E-state index >= 15 is 0 Å². The van der Waals surface area contributed by atoms with Crippen LogP contribution in [0.4, 0.5) is 10.1 Å². The number of benzene rings is 3. The number of anilines is 1. The number of hydrogen-bond donors (Lipinski definition) is 1. The van der Waals surface area contributed by atoms with E-state index in [4.69, 9.17) is 22.1 Å². The SMILES string of the molecule is Nc1cccc(COc2ccc(Cl)c3ccccc23)c1F. The fraction of sp³-hybridized carbons (Fsp3) is 0.0588. The Balaban J connectivity index is 1.92. The summed E-state index contributed by atoms with van der Waals surface area (Å²) in [5, 5.41) is 2.46. The van der Waals surface area contributed by atoms with Crippen molar-refractivity contribution >= 4 is 28.1 Å². The lowest BCUT2D eigenvalue weighted by Gasteiger charge is -2.11. The number of hydrogen-bond acceptors (Lipinski definition) is 2. The summed E-state index contributed by atoms with van der Waals surface area (Å²) < 4.78 is 19.6. The van der Waals surface area contributed by atoms with Crippen LogP contribution in [0.1, 0.15) is 5.56 Å². The second kappa shape index (κ2) is 5.62. The first kappa shape index (κ1) is 13.7. The maximum Gasteiger partial charge on any atom is 0.152 e. The molecular weight excluding hydrogens is 289 g/mol. The molecule has 0 aliphatic carbocycles. The summed E-state index contributed by atoms with van der Waals surface area (Å²) in [5.74, 6) is 0.229. The molecule has 4 heteroatoms. The van der Waals surface area contributed by atoms with E-state index in [0.717, 1.165) is 10.8 Å². The van der Waals surface area contributed by atoms with Gasteiger partial charge in [-0.15, -0.1) is 0 Å². The van der Waals surface area contributed by atoms with Crippen molar-refractivity contribution in [3.63, 3.8) is 0 Å². The molecule has 0 unspecified atom stereocenters. The number of halogens is 2. The molecule has 0 spiro atoms. The Morgan fingerprint density at radius 2 is 1.71 bits per heavy atom. The van der Waals surface area contributed by atoms with E-state index in [2.05, 4.69) is 0 Å². The Kier molecular flexibility index (Phi) is 3.67. The van der Waals surface area contributed by atoms with E-state index < -0.39 is 5.82 Å². The first-order chi connectivity index (χ1) is 10.2. The van der Waals surface area contributed by atoms with Crippen molar-refractivity contribution in [2.45, 2.75) is 6.61 Å². The van der Waals surface area contributed by atoms with Crippen LogP contribution in [-0.2, 0) is 6.61 Å². The molecule has 0 fully saturated rings. The number of fused-ring (bicyclic) bond motifs is 1. The molecule has 0 heterocycles. The van der Waals surface area contributed by atoms with E-state index in [-0.39, 0.29) is 12.3 Å². The van der Waals surface area contributed by atoms with Gasteiger partial charge in [-0.1, -0.05) is 48.0 Å². The third kappa shape index (κ3) is 2.65. The third-order valence-electron chi connectivity index (χ3n) is 3.32. The van der Waals surface area contributed by atoms with Gasteiger partial charge in [0.1, 0.15) is 12.4 Å². The van der Waals surface area contributed by atoms with Gasteiger partial charge in [-0.3, -0.25) is 0 Å². The summed E-state index contributed by atoms with van der Waals surface area (Å²) in [5.41, 5.74) is 6.10. The fourth-order valence-electron chi connectivity index (χ4n) is 2.23. The molecule has 0 aliphatic heterocycles. The summed E-state index contributed by atoms with van der Waals surface area (Å²) in [4.78, 5) is 0. The highest BCUT2D eigenvalue weighted by Gasteiger charge is 2.09. The van der Waals surface area contributed by atoms with E-state index in [1.54, 1.807) is 24.3 Å². The number of ether oxygens (including phenoxy) is 1. The van der Waals surface area contributed by atoms with Gasteiger partial charge in [-0.25, -0.2) is 4.39 Å². The van der Waals surface area contributed by atoms with Crippen LogP contribution in [0.3, 0.4) is 0 Å². The smallest absolute Gasteiger partial charge is 0.152 e.